The molecule has 0 unspecified atom stereocenters. The number of aromatic nitrogens is 5. The lowest BCUT2D eigenvalue weighted by Crippen LogP contribution is -2.40. The highest BCUT2D eigenvalue weighted by atomic mass is 35.5. The van der Waals surface area contributed by atoms with Crippen LogP contribution in [0.15, 0.2) is 49.1 Å². The quantitative estimate of drug-likeness (QED) is 0.408. The lowest BCUT2D eigenvalue weighted by Gasteiger charge is -2.32. The van der Waals surface area contributed by atoms with Crippen molar-refractivity contribution in [2.45, 2.75) is 25.1 Å². The summed E-state index contributed by atoms with van der Waals surface area (Å²) >= 11 is 6.04. The third kappa shape index (κ3) is 4.09. The van der Waals surface area contributed by atoms with Gasteiger partial charge in [0.1, 0.15) is 5.69 Å². The van der Waals surface area contributed by atoms with Gasteiger partial charge in [-0.15, -0.1) is 0 Å². The van der Waals surface area contributed by atoms with Crippen LogP contribution in [0.1, 0.15) is 34.2 Å². The molecule has 1 aromatic carbocycles. The van der Waals surface area contributed by atoms with Gasteiger partial charge in [0.05, 0.1) is 30.1 Å². The highest BCUT2D eigenvalue weighted by Gasteiger charge is 2.45. The first-order chi connectivity index (χ1) is 16.6. The van der Waals surface area contributed by atoms with Gasteiger partial charge in [0, 0.05) is 32.4 Å². The molecule has 0 saturated carbocycles. The minimum Gasteiger partial charge on any atom is -0.339 e. The summed E-state index contributed by atoms with van der Waals surface area (Å²) in [6, 6.07) is 5.64. The smallest absolute Gasteiger partial charge is 0.339 e. The van der Waals surface area contributed by atoms with Crippen molar-refractivity contribution in [3.05, 3.63) is 71.2 Å². The molecule has 1 atom stereocenters. The first-order valence-electron chi connectivity index (χ1n) is 10.9. The van der Waals surface area contributed by atoms with Crippen molar-refractivity contribution in [1.82, 2.24) is 29.0 Å². The molecule has 182 valence electrons. The SMILES string of the molecule is CN(C(=O)c1cncn1C)[C@@H](c1ccc(N2CCCc3c2cnc2cc(Cl)nn32)cc1)C(F)(F)F. The van der Waals surface area contributed by atoms with Gasteiger partial charge in [-0.3, -0.25) is 4.79 Å². The van der Waals surface area contributed by atoms with Crippen molar-refractivity contribution in [2.24, 2.45) is 7.05 Å². The molecule has 0 radical (unpaired) electrons. The van der Waals surface area contributed by atoms with Crippen LogP contribution in [0.3, 0.4) is 0 Å². The Hall–Kier alpha value is -3.60. The number of imidazole rings is 1. The number of nitrogens with zero attached hydrogens (tertiary/aromatic N) is 7. The fourth-order valence-electron chi connectivity index (χ4n) is 4.53. The van der Waals surface area contributed by atoms with E-state index in [9.17, 15) is 18.0 Å². The summed E-state index contributed by atoms with van der Waals surface area (Å²) in [6.07, 6.45) is 1.29. The van der Waals surface area contributed by atoms with Gasteiger partial charge in [0.2, 0.25) is 0 Å². The average molecular weight is 504 g/mol. The van der Waals surface area contributed by atoms with Crippen LogP contribution in [0, 0.1) is 0 Å². The number of amides is 1. The summed E-state index contributed by atoms with van der Waals surface area (Å²) in [6.45, 7) is 0.677. The summed E-state index contributed by atoms with van der Waals surface area (Å²) in [5.41, 5.74) is 3.15. The summed E-state index contributed by atoms with van der Waals surface area (Å²) < 4.78 is 45.4. The Labute approximate surface area is 203 Å². The van der Waals surface area contributed by atoms with E-state index >= 15 is 0 Å². The van der Waals surface area contributed by atoms with Crippen molar-refractivity contribution in [2.75, 3.05) is 18.5 Å². The monoisotopic (exact) mass is 503 g/mol. The van der Waals surface area contributed by atoms with E-state index in [1.165, 1.54) is 29.2 Å². The third-order valence-electron chi connectivity index (χ3n) is 6.19. The Morgan fingerprint density at radius 2 is 1.94 bits per heavy atom. The minimum absolute atomic E-state index is 0.0380. The number of carbonyl (C=O) groups is 1. The maximum atomic E-state index is 14.1. The molecule has 0 fully saturated rings. The van der Waals surface area contributed by atoms with Crippen LogP contribution in [-0.4, -0.2) is 54.7 Å². The normalized spacial score (nSPS) is 14.7. The number of aryl methyl sites for hydroxylation is 2. The molecule has 35 heavy (non-hydrogen) atoms. The zero-order chi connectivity index (χ0) is 24.9. The molecule has 0 aliphatic carbocycles. The minimum atomic E-state index is -4.67. The molecule has 1 amide bonds. The molecule has 1 aliphatic rings. The van der Waals surface area contributed by atoms with Gasteiger partial charge in [0.25, 0.3) is 5.91 Å². The van der Waals surface area contributed by atoms with E-state index in [4.69, 9.17) is 11.6 Å². The van der Waals surface area contributed by atoms with Crippen molar-refractivity contribution < 1.29 is 18.0 Å². The standard InChI is InChI=1S/C23H21ClF3N7O/c1-31-13-28-11-18(31)22(35)32(2)21(23(25,26)27)14-5-7-15(8-6-14)33-9-3-4-16-17(33)12-29-20-10-19(24)30-34(16)20/h5-8,10-13,21H,3-4,9H2,1-2H3/t21-/m0/s1. The summed E-state index contributed by atoms with van der Waals surface area (Å²) in [7, 11) is 2.70. The fraction of sp³-hybridized carbons (Fsp3) is 0.304. The van der Waals surface area contributed by atoms with E-state index in [-0.39, 0.29) is 11.3 Å². The number of alkyl halides is 3. The Kier molecular flexibility index (Phi) is 5.66. The van der Waals surface area contributed by atoms with Crippen LogP contribution < -0.4 is 4.90 Å². The second-order valence-corrected chi connectivity index (χ2v) is 8.81. The van der Waals surface area contributed by atoms with Gasteiger partial charge in [-0.25, -0.2) is 14.5 Å². The summed E-state index contributed by atoms with van der Waals surface area (Å²) in [5, 5.41) is 4.65. The number of rotatable bonds is 4. The molecule has 0 saturated heterocycles. The largest absolute Gasteiger partial charge is 0.413 e. The van der Waals surface area contributed by atoms with Crippen molar-refractivity contribution >= 4 is 34.5 Å². The molecule has 4 heterocycles. The lowest BCUT2D eigenvalue weighted by atomic mass is 10.0. The van der Waals surface area contributed by atoms with E-state index in [2.05, 4.69) is 15.1 Å². The average Bonchev–Trinajstić information content (AvgIpc) is 3.42. The number of hydrogen-bond acceptors (Lipinski definition) is 5. The Morgan fingerprint density at radius 1 is 1.20 bits per heavy atom. The predicted molar refractivity (Wildman–Crippen MR) is 124 cm³/mol. The Balaban J connectivity index is 1.47. The molecule has 8 nitrogen and oxygen atoms in total. The molecule has 0 bridgehead atoms. The molecule has 3 aromatic heterocycles. The van der Waals surface area contributed by atoms with Gasteiger partial charge in [-0.2, -0.15) is 18.3 Å². The maximum absolute atomic E-state index is 14.1. The molecule has 5 rings (SSSR count). The van der Waals surface area contributed by atoms with Crippen molar-refractivity contribution in [1.29, 1.82) is 0 Å². The summed E-state index contributed by atoms with van der Waals surface area (Å²) in [5.74, 6) is -0.769. The molecule has 0 spiro atoms. The highest BCUT2D eigenvalue weighted by molar-refractivity contribution is 6.29. The zero-order valence-electron chi connectivity index (χ0n) is 18.9. The third-order valence-corrected chi connectivity index (χ3v) is 6.38. The van der Waals surface area contributed by atoms with Gasteiger partial charge in [0.15, 0.2) is 16.8 Å². The van der Waals surface area contributed by atoms with Gasteiger partial charge in [-0.05, 0) is 30.5 Å². The van der Waals surface area contributed by atoms with Gasteiger partial charge < -0.3 is 14.4 Å². The van der Waals surface area contributed by atoms with Crippen molar-refractivity contribution in [3.63, 3.8) is 0 Å². The Bertz CT molecular complexity index is 1400. The number of benzene rings is 1. The molecule has 12 heteroatoms. The molecule has 4 aromatic rings. The molecular formula is C23H21ClF3N7O. The van der Waals surface area contributed by atoms with E-state index in [0.717, 1.165) is 37.0 Å². The fourth-order valence-corrected chi connectivity index (χ4v) is 4.70. The summed E-state index contributed by atoms with van der Waals surface area (Å²) in [4.78, 5) is 23.7. The molecule has 1 aliphatic heterocycles. The first kappa shape index (κ1) is 23.2. The maximum Gasteiger partial charge on any atom is 0.413 e. The molecular weight excluding hydrogens is 483 g/mol. The highest BCUT2D eigenvalue weighted by Crippen LogP contribution is 2.39. The number of fused-ring (bicyclic) bond motifs is 3. The number of anilines is 2. The number of hydrogen-bond donors (Lipinski definition) is 0. The topological polar surface area (TPSA) is 71.6 Å². The van der Waals surface area contributed by atoms with Crippen LogP contribution in [-0.2, 0) is 13.5 Å². The molecule has 0 N–H and O–H groups in total. The van der Waals surface area contributed by atoms with Crippen LogP contribution in [0.25, 0.3) is 5.65 Å². The van der Waals surface area contributed by atoms with Crippen LogP contribution >= 0.6 is 11.6 Å². The van der Waals surface area contributed by atoms with Crippen LogP contribution in [0.4, 0.5) is 24.5 Å². The second kappa shape index (κ2) is 8.56. The number of carbonyl (C=O) groups excluding carboxylic acids is 1. The van der Waals surface area contributed by atoms with Crippen LogP contribution in [0.2, 0.25) is 5.15 Å². The van der Waals surface area contributed by atoms with Gasteiger partial charge >= 0.3 is 6.18 Å². The predicted octanol–water partition coefficient (Wildman–Crippen LogP) is 4.58. The van der Waals surface area contributed by atoms with E-state index in [1.807, 2.05) is 4.90 Å². The zero-order valence-corrected chi connectivity index (χ0v) is 19.6. The lowest BCUT2D eigenvalue weighted by molar-refractivity contribution is -0.176. The van der Waals surface area contributed by atoms with Crippen molar-refractivity contribution in [3.8, 4) is 0 Å². The number of halogens is 4. The Morgan fingerprint density at radius 3 is 2.60 bits per heavy atom. The second-order valence-electron chi connectivity index (χ2n) is 8.42. The van der Waals surface area contributed by atoms with Crippen LogP contribution in [0.5, 0.6) is 0 Å². The van der Waals surface area contributed by atoms with E-state index in [0.29, 0.717) is 22.2 Å². The van der Waals surface area contributed by atoms with E-state index < -0.39 is 18.1 Å². The van der Waals surface area contributed by atoms with Gasteiger partial charge in [-0.1, -0.05) is 23.7 Å². The van der Waals surface area contributed by atoms with E-state index in [1.54, 1.807) is 36.0 Å². The first-order valence-corrected chi connectivity index (χ1v) is 11.2.